The number of aromatic amines is 1. The summed E-state index contributed by atoms with van der Waals surface area (Å²) in [4.78, 5) is 28.4. The Balaban J connectivity index is 1.80. The van der Waals surface area contributed by atoms with Gasteiger partial charge in [0.15, 0.2) is 11.5 Å². The first-order valence-electron chi connectivity index (χ1n) is 9.20. The fraction of sp³-hybridized carbons (Fsp3) is 0.182. The third-order valence-electron chi connectivity index (χ3n) is 5.06. The van der Waals surface area contributed by atoms with Crippen LogP contribution in [0.15, 0.2) is 47.3 Å². The molecule has 4 aromatic rings. The Morgan fingerprint density at radius 3 is 2.27 bits per heavy atom. The van der Waals surface area contributed by atoms with Crippen LogP contribution in [0.1, 0.15) is 10.5 Å². The number of aryl methyl sites for hydroxylation is 1. The number of carbonyl (C=O) groups excluding carboxylic acids is 1. The van der Waals surface area contributed by atoms with Gasteiger partial charge < -0.3 is 29.1 Å². The molecule has 2 aromatic heterocycles. The van der Waals surface area contributed by atoms with Gasteiger partial charge >= 0.3 is 0 Å². The summed E-state index contributed by atoms with van der Waals surface area (Å²) in [6, 6.07) is 12.4. The molecule has 0 aliphatic rings. The normalized spacial score (nSPS) is 10.9. The van der Waals surface area contributed by atoms with E-state index in [0.717, 1.165) is 5.39 Å². The van der Waals surface area contributed by atoms with Crippen molar-refractivity contribution in [1.82, 2.24) is 9.55 Å². The van der Waals surface area contributed by atoms with Gasteiger partial charge in [-0.3, -0.25) is 9.59 Å². The first-order chi connectivity index (χ1) is 14.5. The summed E-state index contributed by atoms with van der Waals surface area (Å²) in [5.74, 6) is 0.908. The van der Waals surface area contributed by atoms with Crippen LogP contribution in [0, 0.1) is 0 Å². The second kappa shape index (κ2) is 7.47. The lowest BCUT2D eigenvalue weighted by atomic mass is 10.1. The smallest absolute Gasteiger partial charge is 0.272 e. The Bertz CT molecular complexity index is 1310. The number of aromatic nitrogens is 2. The lowest BCUT2D eigenvalue weighted by molar-refractivity contribution is 0.101. The van der Waals surface area contributed by atoms with E-state index in [0.29, 0.717) is 45.0 Å². The first kappa shape index (κ1) is 19.4. The maximum Gasteiger partial charge on any atom is 0.272 e. The number of carbonyl (C=O) groups is 1. The van der Waals surface area contributed by atoms with E-state index >= 15 is 0 Å². The summed E-state index contributed by atoms with van der Waals surface area (Å²) in [6.07, 6.45) is 0. The van der Waals surface area contributed by atoms with Gasteiger partial charge in [0.1, 0.15) is 5.69 Å². The topological polar surface area (TPSA) is 94.6 Å². The number of H-pyrrole nitrogens is 1. The lowest BCUT2D eigenvalue weighted by Gasteiger charge is -2.14. The Morgan fingerprint density at radius 1 is 0.967 bits per heavy atom. The van der Waals surface area contributed by atoms with E-state index in [1.165, 1.54) is 21.3 Å². The maximum absolute atomic E-state index is 13.0. The number of amides is 1. The van der Waals surface area contributed by atoms with E-state index in [9.17, 15) is 9.59 Å². The number of hydrogen-bond acceptors (Lipinski definition) is 5. The number of fused-ring (bicyclic) bond motifs is 3. The largest absolute Gasteiger partial charge is 0.493 e. The van der Waals surface area contributed by atoms with Gasteiger partial charge in [0, 0.05) is 30.3 Å². The number of ether oxygens (including phenoxy) is 3. The van der Waals surface area contributed by atoms with E-state index in [1.54, 1.807) is 29.8 Å². The standard InChI is InChI=1S/C22H21N3O5/c1-25-16(11-14-19(25)13-7-5-6-8-15(13)24-21(14)26)22(27)23-12-9-17(28-2)20(30-4)18(10-12)29-3/h5-11H,1-4H3,(H,23,27)(H,24,26). The zero-order valence-corrected chi connectivity index (χ0v) is 17.0. The van der Waals surface area contributed by atoms with E-state index in [2.05, 4.69) is 10.3 Å². The van der Waals surface area contributed by atoms with Gasteiger partial charge in [-0.2, -0.15) is 0 Å². The quantitative estimate of drug-likeness (QED) is 0.529. The molecule has 8 heteroatoms. The molecule has 4 rings (SSSR count). The third-order valence-corrected chi connectivity index (χ3v) is 5.06. The molecule has 0 aliphatic carbocycles. The third kappa shape index (κ3) is 3.02. The fourth-order valence-electron chi connectivity index (χ4n) is 3.66. The molecule has 2 N–H and O–H groups in total. The van der Waals surface area contributed by atoms with Crippen molar-refractivity contribution in [2.75, 3.05) is 26.6 Å². The number of methoxy groups -OCH3 is 3. The van der Waals surface area contributed by atoms with Crippen LogP contribution in [0.5, 0.6) is 17.2 Å². The molecule has 0 atom stereocenters. The number of benzene rings is 2. The Kier molecular flexibility index (Phi) is 4.83. The Labute approximate surface area is 172 Å². The average molecular weight is 407 g/mol. The molecule has 0 radical (unpaired) electrons. The van der Waals surface area contributed by atoms with Gasteiger partial charge in [-0.25, -0.2) is 0 Å². The SMILES string of the molecule is COc1cc(NC(=O)c2cc3c(=O)[nH]c4ccccc4c3n2C)cc(OC)c1OC. The second-order valence-corrected chi connectivity index (χ2v) is 6.72. The lowest BCUT2D eigenvalue weighted by Crippen LogP contribution is -2.15. The van der Waals surface area contributed by atoms with E-state index in [-0.39, 0.29) is 11.5 Å². The molecular formula is C22H21N3O5. The van der Waals surface area contributed by atoms with Crippen molar-refractivity contribution in [2.45, 2.75) is 0 Å². The molecule has 0 bridgehead atoms. The van der Waals surface area contributed by atoms with Crippen molar-refractivity contribution >= 4 is 33.4 Å². The van der Waals surface area contributed by atoms with Crippen molar-refractivity contribution in [3.8, 4) is 17.2 Å². The van der Waals surface area contributed by atoms with Crippen LogP contribution in [0.3, 0.4) is 0 Å². The molecule has 2 heterocycles. The summed E-state index contributed by atoms with van der Waals surface area (Å²) in [7, 11) is 6.28. The van der Waals surface area contributed by atoms with E-state index in [4.69, 9.17) is 14.2 Å². The molecule has 2 aromatic carbocycles. The number of pyridine rings is 1. The summed E-state index contributed by atoms with van der Waals surface area (Å²) in [5, 5.41) is 4.15. The maximum atomic E-state index is 13.0. The van der Waals surface area contributed by atoms with E-state index < -0.39 is 0 Å². The molecule has 154 valence electrons. The van der Waals surface area contributed by atoms with Crippen LogP contribution >= 0.6 is 0 Å². The van der Waals surface area contributed by atoms with Crippen LogP contribution in [-0.4, -0.2) is 36.8 Å². The Morgan fingerprint density at radius 2 is 1.63 bits per heavy atom. The zero-order valence-electron chi connectivity index (χ0n) is 17.0. The van der Waals surface area contributed by atoms with Crippen molar-refractivity contribution in [3.05, 3.63) is 58.5 Å². The molecule has 30 heavy (non-hydrogen) atoms. The Hall–Kier alpha value is -3.94. The van der Waals surface area contributed by atoms with Crippen molar-refractivity contribution < 1.29 is 19.0 Å². The molecule has 0 spiro atoms. The minimum atomic E-state index is -0.369. The predicted octanol–water partition coefficient (Wildman–Crippen LogP) is 3.30. The van der Waals surface area contributed by atoms with Gasteiger partial charge in [0.2, 0.25) is 5.75 Å². The molecule has 0 unspecified atom stereocenters. The van der Waals surface area contributed by atoms with Crippen LogP contribution < -0.4 is 25.1 Å². The molecule has 0 saturated heterocycles. The molecule has 0 saturated carbocycles. The monoisotopic (exact) mass is 407 g/mol. The van der Waals surface area contributed by atoms with Crippen LogP contribution in [0.2, 0.25) is 0 Å². The molecule has 1 amide bonds. The van der Waals surface area contributed by atoms with E-state index in [1.807, 2.05) is 24.3 Å². The highest BCUT2D eigenvalue weighted by atomic mass is 16.5. The number of anilines is 1. The molecule has 0 aliphatic heterocycles. The van der Waals surface area contributed by atoms with Gasteiger partial charge in [0.25, 0.3) is 11.5 Å². The van der Waals surface area contributed by atoms with Gasteiger partial charge in [-0.15, -0.1) is 0 Å². The summed E-state index contributed by atoms with van der Waals surface area (Å²) >= 11 is 0. The van der Waals surface area contributed by atoms with Crippen LogP contribution in [0.25, 0.3) is 21.8 Å². The van der Waals surface area contributed by atoms with Crippen LogP contribution in [0.4, 0.5) is 5.69 Å². The number of hydrogen-bond donors (Lipinski definition) is 2. The highest BCUT2D eigenvalue weighted by Gasteiger charge is 2.19. The number of nitrogens with zero attached hydrogens (tertiary/aromatic N) is 1. The highest BCUT2D eigenvalue weighted by molar-refractivity contribution is 6.11. The summed E-state index contributed by atoms with van der Waals surface area (Å²) < 4.78 is 17.7. The van der Waals surface area contributed by atoms with Crippen molar-refractivity contribution in [2.24, 2.45) is 7.05 Å². The van der Waals surface area contributed by atoms with Crippen LogP contribution in [-0.2, 0) is 7.05 Å². The fourth-order valence-corrected chi connectivity index (χ4v) is 3.66. The molecule has 8 nitrogen and oxygen atoms in total. The number of nitrogens with one attached hydrogen (secondary N) is 2. The minimum Gasteiger partial charge on any atom is -0.493 e. The number of para-hydroxylation sites is 1. The summed E-state index contributed by atoms with van der Waals surface area (Å²) in [5.41, 5.74) is 1.99. The zero-order chi connectivity index (χ0) is 21.4. The highest BCUT2D eigenvalue weighted by Crippen LogP contribution is 2.40. The predicted molar refractivity (Wildman–Crippen MR) is 115 cm³/mol. The molecule has 0 fully saturated rings. The van der Waals surface area contributed by atoms with Gasteiger partial charge in [-0.1, -0.05) is 18.2 Å². The average Bonchev–Trinajstić information content (AvgIpc) is 3.11. The van der Waals surface area contributed by atoms with Gasteiger partial charge in [-0.05, 0) is 12.1 Å². The minimum absolute atomic E-state index is 0.244. The van der Waals surface area contributed by atoms with Gasteiger partial charge in [0.05, 0.1) is 37.7 Å². The van der Waals surface area contributed by atoms with Crippen molar-refractivity contribution in [1.29, 1.82) is 0 Å². The number of rotatable bonds is 5. The second-order valence-electron chi connectivity index (χ2n) is 6.72. The van der Waals surface area contributed by atoms with Crippen molar-refractivity contribution in [3.63, 3.8) is 0 Å². The summed E-state index contributed by atoms with van der Waals surface area (Å²) in [6.45, 7) is 0. The molecular weight excluding hydrogens is 386 g/mol. The first-order valence-corrected chi connectivity index (χ1v) is 9.20.